The maximum atomic E-state index is 6.47. The van der Waals surface area contributed by atoms with Crippen molar-refractivity contribution in [1.29, 1.82) is 0 Å². The van der Waals surface area contributed by atoms with Gasteiger partial charge in [0, 0.05) is 27.7 Å². The van der Waals surface area contributed by atoms with E-state index in [1.54, 1.807) is 0 Å². The maximum absolute atomic E-state index is 6.47. The summed E-state index contributed by atoms with van der Waals surface area (Å²) in [7, 11) is 0. The Morgan fingerprint density at radius 2 is 0.730 bits per heavy atom. The molecule has 0 fully saturated rings. The Labute approximate surface area is 364 Å². The Kier molecular flexibility index (Phi) is 7.07. The van der Waals surface area contributed by atoms with Crippen LogP contribution in [0.4, 0.5) is 17.1 Å². The molecule has 0 bridgehead atoms. The second-order valence-electron chi connectivity index (χ2n) is 17.1. The molecule has 0 aliphatic heterocycles. The average molecular weight is 800 g/mol. The number of anilines is 3. The molecule has 12 aromatic rings. The van der Waals surface area contributed by atoms with Crippen molar-refractivity contribution < 1.29 is 4.42 Å². The molecule has 0 radical (unpaired) electrons. The van der Waals surface area contributed by atoms with Crippen LogP contribution < -0.4 is 4.90 Å². The molecule has 1 heterocycles. The van der Waals surface area contributed by atoms with Gasteiger partial charge in [-0.2, -0.15) is 0 Å². The summed E-state index contributed by atoms with van der Waals surface area (Å²) in [6.45, 7) is 0. The highest BCUT2D eigenvalue weighted by molar-refractivity contribution is 6.26. The quantitative estimate of drug-likeness (QED) is 0.165. The second-order valence-corrected chi connectivity index (χ2v) is 17.1. The molecule has 11 aromatic carbocycles. The third-order valence-corrected chi connectivity index (χ3v) is 14.1. The zero-order valence-electron chi connectivity index (χ0n) is 34.2. The zero-order chi connectivity index (χ0) is 41.2. The molecule has 2 aliphatic carbocycles. The Morgan fingerprint density at radius 1 is 0.286 bits per heavy atom. The van der Waals surface area contributed by atoms with Gasteiger partial charge in [0.25, 0.3) is 0 Å². The first kappa shape index (κ1) is 34.5. The number of nitrogens with zero attached hydrogens (tertiary/aromatic N) is 1. The van der Waals surface area contributed by atoms with E-state index in [1.165, 1.54) is 76.8 Å². The molecule has 63 heavy (non-hydrogen) atoms. The van der Waals surface area contributed by atoms with Crippen molar-refractivity contribution in [1.82, 2.24) is 0 Å². The van der Waals surface area contributed by atoms with Gasteiger partial charge in [0.1, 0.15) is 11.2 Å². The van der Waals surface area contributed by atoms with E-state index in [0.29, 0.717) is 0 Å². The van der Waals surface area contributed by atoms with E-state index in [2.05, 4.69) is 223 Å². The van der Waals surface area contributed by atoms with Gasteiger partial charge >= 0.3 is 0 Å². The first-order valence-electron chi connectivity index (χ1n) is 21.8. The van der Waals surface area contributed by atoms with Gasteiger partial charge in [-0.05, 0) is 131 Å². The molecule has 1 aromatic heterocycles. The largest absolute Gasteiger partial charge is 0.456 e. The summed E-state index contributed by atoms with van der Waals surface area (Å²) < 4.78 is 6.47. The number of hydrogen-bond acceptors (Lipinski definition) is 2. The second kappa shape index (κ2) is 12.9. The molecule has 0 unspecified atom stereocenters. The number of benzene rings is 11. The molecular weight excluding hydrogens is 763 g/mol. The lowest BCUT2D eigenvalue weighted by molar-refractivity contribution is 0.669. The van der Waals surface area contributed by atoms with Crippen molar-refractivity contribution in [3.63, 3.8) is 0 Å². The fourth-order valence-corrected chi connectivity index (χ4v) is 11.5. The minimum atomic E-state index is -0.411. The summed E-state index contributed by atoms with van der Waals surface area (Å²) in [5.74, 6) is 0. The summed E-state index contributed by atoms with van der Waals surface area (Å²) in [5.41, 5.74) is 17.4. The van der Waals surface area contributed by atoms with Crippen molar-refractivity contribution in [3.8, 4) is 33.4 Å². The van der Waals surface area contributed by atoms with E-state index < -0.39 is 5.41 Å². The molecular formula is C61H37NO. The molecule has 1 spiro atoms. The molecule has 2 nitrogen and oxygen atoms in total. The van der Waals surface area contributed by atoms with Crippen molar-refractivity contribution in [2.24, 2.45) is 0 Å². The Hall–Kier alpha value is -8.20. The average Bonchev–Trinajstić information content (AvgIpc) is 3.98. The third kappa shape index (κ3) is 4.67. The summed E-state index contributed by atoms with van der Waals surface area (Å²) in [4.78, 5) is 2.48. The summed E-state index contributed by atoms with van der Waals surface area (Å²) in [6, 6.07) is 82.9. The van der Waals surface area contributed by atoms with Crippen molar-refractivity contribution in [2.75, 3.05) is 4.90 Å². The fraction of sp³-hybridized carbons (Fsp3) is 0.0164. The van der Waals surface area contributed by atoms with Crippen molar-refractivity contribution >= 4 is 71.3 Å². The Morgan fingerprint density at radius 3 is 1.40 bits per heavy atom. The summed E-state index contributed by atoms with van der Waals surface area (Å²) in [5, 5.41) is 9.79. The van der Waals surface area contributed by atoms with Gasteiger partial charge in [-0.3, -0.25) is 0 Å². The smallest absolute Gasteiger partial charge is 0.136 e. The number of rotatable bonds is 4. The molecule has 0 saturated carbocycles. The van der Waals surface area contributed by atoms with Crippen LogP contribution in [0.3, 0.4) is 0 Å². The lowest BCUT2D eigenvalue weighted by Gasteiger charge is -2.31. The molecule has 0 amide bonds. The van der Waals surface area contributed by atoms with E-state index in [0.717, 1.165) is 50.1 Å². The molecule has 0 saturated heterocycles. The van der Waals surface area contributed by atoms with Crippen LogP contribution in [0.15, 0.2) is 229 Å². The van der Waals surface area contributed by atoms with Gasteiger partial charge in [-0.15, -0.1) is 0 Å². The highest BCUT2D eigenvalue weighted by atomic mass is 16.3. The van der Waals surface area contributed by atoms with Crippen LogP contribution in [0, 0.1) is 0 Å². The molecule has 0 N–H and O–H groups in total. The fourth-order valence-electron chi connectivity index (χ4n) is 11.5. The van der Waals surface area contributed by atoms with Crippen LogP contribution in [0.1, 0.15) is 22.3 Å². The van der Waals surface area contributed by atoms with Gasteiger partial charge < -0.3 is 9.32 Å². The van der Waals surface area contributed by atoms with E-state index in [9.17, 15) is 0 Å². The molecule has 292 valence electrons. The van der Waals surface area contributed by atoms with Crippen molar-refractivity contribution in [2.45, 2.75) is 5.41 Å². The van der Waals surface area contributed by atoms with Gasteiger partial charge in [0.15, 0.2) is 0 Å². The first-order chi connectivity index (χ1) is 31.3. The lowest BCUT2D eigenvalue weighted by atomic mass is 9.70. The maximum Gasteiger partial charge on any atom is 0.136 e. The number of hydrogen-bond donors (Lipinski definition) is 0. The van der Waals surface area contributed by atoms with Crippen LogP contribution in [0.2, 0.25) is 0 Å². The SMILES string of the molecule is c1ccc(N(c2ccc3c(c2)-c2ccccc2C32c3ccccc3-c3ccccc32)c2ccc3c4ccccc4c4ccccc4c3c2)c(-c2ccc3c(c2)oc2ccccc23)c1. The van der Waals surface area contributed by atoms with E-state index in [-0.39, 0.29) is 0 Å². The highest BCUT2D eigenvalue weighted by Crippen LogP contribution is 2.63. The topological polar surface area (TPSA) is 16.4 Å². The predicted octanol–water partition coefficient (Wildman–Crippen LogP) is 16.5. The Bertz CT molecular complexity index is 3810. The monoisotopic (exact) mass is 799 g/mol. The first-order valence-corrected chi connectivity index (χ1v) is 21.8. The van der Waals surface area contributed by atoms with Gasteiger partial charge in [-0.25, -0.2) is 0 Å². The minimum Gasteiger partial charge on any atom is -0.456 e. The standard InChI is InChI=1S/C61H37NO/c1-2-18-44-42(16-1)43-17-3-4-19-45(43)52-36-39(30-33-46(44)52)62(58-27-13-8-15-41(58)38-29-32-51-50-23-9-14-28-59(50)63-60(51)35-38)40-31-34-57-53(37-40)49-22-7-12-26-56(49)61(57)54-24-10-5-20-47(54)48-21-6-11-25-55(48)61/h1-37H. The van der Waals surface area contributed by atoms with Crippen LogP contribution >= 0.6 is 0 Å². The van der Waals surface area contributed by atoms with Crippen LogP contribution in [0.25, 0.3) is 87.6 Å². The van der Waals surface area contributed by atoms with Crippen LogP contribution in [0.5, 0.6) is 0 Å². The van der Waals surface area contributed by atoms with E-state index in [1.807, 2.05) is 6.07 Å². The van der Waals surface area contributed by atoms with Gasteiger partial charge in [0.2, 0.25) is 0 Å². The lowest BCUT2D eigenvalue weighted by Crippen LogP contribution is -2.25. The van der Waals surface area contributed by atoms with Gasteiger partial charge in [0.05, 0.1) is 11.1 Å². The Balaban J connectivity index is 1.04. The van der Waals surface area contributed by atoms with E-state index in [4.69, 9.17) is 4.42 Å². The van der Waals surface area contributed by atoms with Crippen LogP contribution in [-0.2, 0) is 5.41 Å². The minimum absolute atomic E-state index is 0.411. The van der Waals surface area contributed by atoms with Crippen LogP contribution in [-0.4, -0.2) is 0 Å². The number of furan rings is 1. The van der Waals surface area contributed by atoms with E-state index >= 15 is 0 Å². The highest BCUT2D eigenvalue weighted by Gasteiger charge is 2.51. The number of para-hydroxylation sites is 2. The molecule has 0 atom stereocenters. The third-order valence-electron chi connectivity index (χ3n) is 14.1. The number of fused-ring (bicyclic) bond motifs is 19. The normalized spacial score (nSPS) is 13.2. The van der Waals surface area contributed by atoms with Crippen molar-refractivity contribution in [3.05, 3.63) is 247 Å². The predicted molar refractivity (Wildman–Crippen MR) is 263 cm³/mol. The zero-order valence-corrected chi connectivity index (χ0v) is 34.2. The van der Waals surface area contributed by atoms with Gasteiger partial charge in [-0.1, -0.05) is 176 Å². The molecule has 2 heteroatoms. The molecule has 2 aliphatic rings. The molecule has 14 rings (SSSR count). The summed E-state index contributed by atoms with van der Waals surface area (Å²) >= 11 is 0. The summed E-state index contributed by atoms with van der Waals surface area (Å²) in [6.07, 6.45) is 0.